The molecule has 9 heteroatoms. The summed E-state index contributed by atoms with van der Waals surface area (Å²) < 4.78 is 29.9. The van der Waals surface area contributed by atoms with Crippen LogP contribution in [0, 0.1) is 23.7 Å². The maximum Gasteiger partial charge on any atom is 0.411 e. The molecule has 0 saturated carbocycles. The highest BCUT2D eigenvalue weighted by Gasteiger charge is 2.60. The summed E-state index contributed by atoms with van der Waals surface area (Å²) in [6.07, 6.45) is 3.12. The van der Waals surface area contributed by atoms with Gasteiger partial charge in [-0.1, -0.05) is 38.5 Å². The number of carbonyl (C=O) groups is 2. The van der Waals surface area contributed by atoms with Crippen molar-refractivity contribution in [1.82, 2.24) is 5.32 Å². The van der Waals surface area contributed by atoms with E-state index < -0.39 is 37.9 Å². The van der Waals surface area contributed by atoms with Crippen LogP contribution in [0.25, 0.3) is 0 Å². The number of allylic oxidation sites excluding steroid dienone is 2. The minimum Gasteiger partial charge on any atom is -0.453 e. The van der Waals surface area contributed by atoms with Crippen LogP contribution in [0.4, 0.5) is 4.79 Å². The number of hydrogen-bond donors (Lipinski definition) is 1. The van der Waals surface area contributed by atoms with Crippen molar-refractivity contribution in [2.24, 2.45) is 0 Å². The first-order valence-corrected chi connectivity index (χ1v) is 14.1. The Morgan fingerprint density at radius 2 is 1.85 bits per heavy atom. The Morgan fingerprint density at radius 3 is 2.50 bits per heavy atom. The van der Waals surface area contributed by atoms with Crippen LogP contribution in [0.1, 0.15) is 27.2 Å². The number of hydrogen-bond acceptors (Lipinski definition) is 7. The van der Waals surface area contributed by atoms with Crippen molar-refractivity contribution >= 4 is 20.4 Å². The Bertz CT molecular complexity index is 1080. The van der Waals surface area contributed by atoms with Crippen LogP contribution in [-0.4, -0.2) is 58.2 Å². The molecular formula is C25H29NO7Si. The number of nitrogens with one attached hydrogen (secondary N) is 1. The first-order chi connectivity index (χ1) is 16.4. The number of esters is 1. The normalized spacial score (nSPS) is 27.5. The van der Waals surface area contributed by atoms with Gasteiger partial charge >= 0.3 is 12.1 Å². The van der Waals surface area contributed by atoms with E-state index in [1.54, 1.807) is 12.2 Å². The number of ether oxygens (including phenoxy) is 4. The summed E-state index contributed by atoms with van der Waals surface area (Å²) >= 11 is 0. The van der Waals surface area contributed by atoms with Gasteiger partial charge < -0.3 is 23.4 Å². The maximum atomic E-state index is 12.7. The van der Waals surface area contributed by atoms with Crippen molar-refractivity contribution in [3.63, 3.8) is 0 Å². The lowest BCUT2D eigenvalue weighted by Gasteiger charge is -2.50. The summed E-state index contributed by atoms with van der Waals surface area (Å²) in [5.74, 6) is 10.3. The van der Waals surface area contributed by atoms with Crippen molar-refractivity contribution in [2.45, 2.75) is 62.8 Å². The zero-order chi connectivity index (χ0) is 24.4. The predicted octanol–water partition coefficient (Wildman–Crippen LogP) is 2.93. The van der Waals surface area contributed by atoms with E-state index >= 15 is 0 Å². The lowest BCUT2D eigenvalue weighted by molar-refractivity contribution is -0.162. The molecule has 1 spiro atoms. The number of rotatable bonds is 6. The fraction of sp³-hybridized carbons (Fsp3) is 0.520. The molecule has 1 N–H and O–H groups in total. The third kappa shape index (κ3) is 4.10. The van der Waals surface area contributed by atoms with E-state index in [0.717, 1.165) is 18.1 Å². The van der Waals surface area contributed by atoms with Gasteiger partial charge in [0, 0.05) is 17.2 Å². The summed E-state index contributed by atoms with van der Waals surface area (Å²) in [7, 11) is -0.999. The summed E-state index contributed by atoms with van der Waals surface area (Å²) in [6.45, 7) is 7.02. The van der Waals surface area contributed by atoms with Crippen molar-refractivity contribution < 1.29 is 33.0 Å². The van der Waals surface area contributed by atoms with E-state index in [4.69, 9.17) is 23.4 Å². The molecule has 2 atom stereocenters. The van der Waals surface area contributed by atoms with Gasteiger partial charge in [-0.3, -0.25) is 5.32 Å². The third-order valence-corrected chi connectivity index (χ3v) is 11.5. The molecular weight excluding hydrogens is 454 g/mol. The molecule has 4 bridgehead atoms. The summed E-state index contributed by atoms with van der Waals surface area (Å²) in [5, 5.41) is 2.76. The van der Waals surface area contributed by atoms with Crippen LogP contribution >= 0.6 is 0 Å². The van der Waals surface area contributed by atoms with Gasteiger partial charge in [-0.15, -0.1) is 0 Å². The molecule has 2 aliphatic heterocycles. The van der Waals surface area contributed by atoms with Gasteiger partial charge in [-0.05, 0) is 36.2 Å². The standard InChI is InChI=1S/C25H29NO7Si/c1-5-34(6-2,7-3)33-24-13-11-9-8-10-12-19-21(18(24)16-20(27)32-19)22(26-23(28)29-4)25(17-24)30-14-15-31-25/h8-9,16,19H,5-7,14-15,17H2,1-4H3,(H,26,28)/b9-8-/t19-,24-/m0/s1. The van der Waals surface area contributed by atoms with Gasteiger partial charge in [0.15, 0.2) is 20.0 Å². The van der Waals surface area contributed by atoms with E-state index in [0.29, 0.717) is 30.1 Å². The molecule has 2 aliphatic carbocycles. The molecule has 8 nitrogen and oxygen atoms in total. The number of amides is 1. The van der Waals surface area contributed by atoms with Crippen LogP contribution in [0.2, 0.25) is 18.1 Å². The zero-order valence-corrected chi connectivity index (χ0v) is 20.9. The van der Waals surface area contributed by atoms with E-state index in [9.17, 15) is 9.59 Å². The maximum absolute atomic E-state index is 12.7. The average Bonchev–Trinajstić information content (AvgIpc) is 3.30. The van der Waals surface area contributed by atoms with Gasteiger partial charge in [-0.25, -0.2) is 9.59 Å². The fourth-order valence-electron chi connectivity index (χ4n) is 4.91. The topological polar surface area (TPSA) is 92.3 Å². The first-order valence-electron chi connectivity index (χ1n) is 11.6. The molecule has 0 unspecified atom stereocenters. The predicted molar refractivity (Wildman–Crippen MR) is 125 cm³/mol. The highest BCUT2D eigenvalue weighted by Crippen LogP contribution is 2.52. The Morgan fingerprint density at radius 1 is 1.18 bits per heavy atom. The molecule has 0 aromatic heterocycles. The second-order valence-corrected chi connectivity index (χ2v) is 13.2. The summed E-state index contributed by atoms with van der Waals surface area (Å²) in [4.78, 5) is 25.1. The molecule has 0 radical (unpaired) electrons. The summed E-state index contributed by atoms with van der Waals surface area (Å²) in [6, 6.07) is 2.63. The molecule has 34 heavy (non-hydrogen) atoms. The molecule has 4 aliphatic rings. The second kappa shape index (κ2) is 9.44. The lowest BCUT2D eigenvalue weighted by atomic mass is 9.72. The van der Waals surface area contributed by atoms with Crippen LogP contribution < -0.4 is 5.32 Å². The first kappa shape index (κ1) is 24.3. The number of alkyl carbamates (subject to hydrolysis) is 1. The minimum atomic E-state index is -2.27. The molecule has 1 saturated heterocycles. The SMILES string of the molecule is CC[Si](CC)(CC)O[C@]12C#C/C=C\C#C[C@@H]3OC(=O)C=C1C3=C(NC(=O)OC)C1(C2)OCCO1. The van der Waals surface area contributed by atoms with Gasteiger partial charge in [-0.2, -0.15) is 0 Å². The van der Waals surface area contributed by atoms with Crippen molar-refractivity contribution in [3.8, 4) is 23.7 Å². The highest BCUT2D eigenvalue weighted by atomic mass is 28.4. The van der Waals surface area contributed by atoms with Gasteiger partial charge in [0.25, 0.3) is 0 Å². The van der Waals surface area contributed by atoms with E-state index in [2.05, 4.69) is 49.8 Å². The van der Waals surface area contributed by atoms with Crippen LogP contribution in [-0.2, 0) is 28.2 Å². The zero-order valence-electron chi connectivity index (χ0n) is 19.9. The van der Waals surface area contributed by atoms with Gasteiger partial charge in [0.2, 0.25) is 5.79 Å². The van der Waals surface area contributed by atoms with Gasteiger partial charge in [0.05, 0.1) is 32.4 Å². The molecule has 180 valence electrons. The smallest absolute Gasteiger partial charge is 0.411 e. The molecule has 1 fully saturated rings. The number of methoxy groups -OCH3 is 1. The molecule has 4 rings (SSSR count). The largest absolute Gasteiger partial charge is 0.453 e. The quantitative estimate of drug-likeness (QED) is 0.353. The van der Waals surface area contributed by atoms with Crippen molar-refractivity contribution in [2.75, 3.05) is 20.3 Å². The van der Waals surface area contributed by atoms with Crippen molar-refractivity contribution in [1.29, 1.82) is 0 Å². The molecule has 2 heterocycles. The van der Waals surface area contributed by atoms with E-state index in [1.807, 2.05) is 0 Å². The molecule has 1 amide bonds. The Kier molecular flexibility index (Phi) is 6.75. The fourth-order valence-corrected chi connectivity index (χ4v) is 7.82. The molecule has 0 aromatic rings. The van der Waals surface area contributed by atoms with Crippen LogP contribution in [0.3, 0.4) is 0 Å². The summed E-state index contributed by atoms with van der Waals surface area (Å²) in [5.41, 5.74) is 0.0731. The second-order valence-electron chi connectivity index (χ2n) is 8.47. The average molecular weight is 484 g/mol. The van der Waals surface area contributed by atoms with E-state index in [-0.39, 0.29) is 6.42 Å². The Balaban J connectivity index is 2.05. The Labute approximate surface area is 200 Å². The third-order valence-electron chi connectivity index (χ3n) is 6.84. The lowest BCUT2D eigenvalue weighted by Crippen LogP contribution is -2.59. The van der Waals surface area contributed by atoms with Crippen LogP contribution in [0.15, 0.2) is 35.1 Å². The highest BCUT2D eigenvalue weighted by molar-refractivity contribution is 6.73. The van der Waals surface area contributed by atoms with Crippen LogP contribution in [0.5, 0.6) is 0 Å². The monoisotopic (exact) mass is 483 g/mol. The van der Waals surface area contributed by atoms with Crippen molar-refractivity contribution in [3.05, 3.63) is 35.1 Å². The minimum absolute atomic E-state index is 0.137. The number of carbonyl (C=O) groups excluding carboxylic acids is 2. The molecule has 0 aromatic carbocycles. The van der Waals surface area contributed by atoms with E-state index in [1.165, 1.54) is 13.2 Å². The van der Waals surface area contributed by atoms with Gasteiger partial charge in [0.1, 0.15) is 0 Å². The Hall–Kier alpha value is -2.82.